The lowest BCUT2D eigenvalue weighted by atomic mass is 10.3. The van der Waals surface area contributed by atoms with E-state index in [1.165, 1.54) is 0 Å². The van der Waals surface area contributed by atoms with Crippen molar-refractivity contribution < 1.29 is 4.74 Å². The van der Waals surface area contributed by atoms with Gasteiger partial charge in [0.15, 0.2) is 5.16 Å². The highest BCUT2D eigenvalue weighted by Crippen LogP contribution is 2.23. The van der Waals surface area contributed by atoms with Crippen LogP contribution >= 0.6 is 11.8 Å². The van der Waals surface area contributed by atoms with E-state index in [2.05, 4.69) is 16.9 Å². The summed E-state index contributed by atoms with van der Waals surface area (Å²) in [5, 5.41) is 0.991. The van der Waals surface area contributed by atoms with Crippen LogP contribution in [0.4, 0.5) is 0 Å². The van der Waals surface area contributed by atoms with E-state index in [4.69, 9.17) is 4.74 Å². The van der Waals surface area contributed by atoms with Crippen LogP contribution in [0.2, 0.25) is 0 Å². The molecule has 0 aliphatic rings. The number of rotatable bonds is 5. The molecule has 86 valence electrons. The lowest BCUT2D eigenvalue weighted by molar-refractivity contribution is 0.340. The molecule has 0 radical (unpaired) electrons. The van der Waals surface area contributed by atoms with Crippen molar-refractivity contribution in [2.75, 3.05) is 12.4 Å². The standard InChI is InChI=1S/C12H16N2OS/c1-3-7-16-12-13-10-6-5-9(15-4-2)8-11(10)14-12/h5-6,8H,3-4,7H2,1-2H3,(H,13,14). The number of nitrogens with one attached hydrogen (secondary N) is 1. The fourth-order valence-electron chi connectivity index (χ4n) is 1.49. The number of fused-ring (bicyclic) bond motifs is 1. The largest absolute Gasteiger partial charge is 0.494 e. The van der Waals surface area contributed by atoms with E-state index in [9.17, 15) is 0 Å². The third-order valence-corrected chi connectivity index (χ3v) is 3.26. The second-order valence-corrected chi connectivity index (χ2v) is 4.59. The number of benzene rings is 1. The normalized spacial score (nSPS) is 10.9. The molecule has 1 N–H and O–H groups in total. The predicted octanol–water partition coefficient (Wildman–Crippen LogP) is 3.46. The maximum absolute atomic E-state index is 5.45. The molecule has 0 atom stereocenters. The van der Waals surface area contributed by atoms with Gasteiger partial charge in [-0.1, -0.05) is 18.7 Å². The Hall–Kier alpha value is -1.16. The van der Waals surface area contributed by atoms with Gasteiger partial charge in [0.2, 0.25) is 0 Å². The number of ether oxygens (including phenoxy) is 1. The maximum atomic E-state index is 5.45. The van der Waals surface area contributed by atoms with E-state index in [0.29, 0.717) is 6.61 Å². The molecule has 1 aromatic heterocycles. The Morgan fingerprint density at radius 3 is 3.00 bits per heavy atom. The zero-order chi connectivity index (χ0) is 11.4. The Morgan fingerprint density at radius 1 is 1.38 bits per heavy atom. The molecular formula is C12H16N2OS. The van der Waals surface area contributed by atoms with Crippen molar-refractivity contribution in [3.63, 3.8) is 0 Å². The summed E-state index contributed by atoms with van der Waals surface area (Å²) in [5.74, 6) is 1.99. The summed E-state index contributed by atoms with van der Waals surface area (Å²) in [6.45, 7) is 4.85. The monoisotopic (exact) mass is 236 g/mol. The highest BCUT2D eigenvalue weighted by atomic mass is 32.2. The van der Waals surface area contributed by atoms with Gasteiger partial charge < -0.3 is 9.72 Å². The van der Waals surface area contributed by atoms with Gasteiger partial charge in [-0.25, -0.2) is 4.98 Å². The number of hydrogen-bond donors (Lipinski definition) is 1. The van der Waals surface area contributed by atoms with Gasteiger partial charge in [0, 0.05) is 11.8 Å². The minimum absolute atomic E-state index is 0.692. The van der Waals surface area contributed by atoms with Crippen LogP contribution in [0, 0.1) is 0 Å². The zero-order valence-corrected chi connectivity index (χ0v) is 10.4. The molecule has 3 nitrogen and oxygen atoms in total. The van der Waals surface area contributed by atoms with Crippen molar-refractivity contribution in [3.8, 4) is 5.75 Å². The molecule has 0 saturated heterocycles. The molecular weight excluding hydrogens is 220 g/mol. The summed E-state index contributed by atoms with van der Waals surface area (Å²) in [6, 6.07) is 5.95. The molecule has 0 amide bonds. The highest BCUT2D eigenvalue weighted by molar-refractivity contribution is 7.99. The minimum Gasteiger partial charge on any atom is -0.494 e. The molecule has 0 aliphatic carbocycles. The molecule has 0 unspecified atom stereocenters. The van der Waals surface area contributed by atoms with Crippen molar-refractivity contribution in [2.45, 2.75) is 25.4 Å². The Bertz CT molecular complexity index is 467. The van der Waals surface area contributed by atoms with Gasteiger partial charge in [-0.3, -0.25) is 0 Å². The van der Waals surface area contributed by atoms with Crippen LogP contribution in [0.3, 0.4) is 0 Å². The first-order chi connectivity index (χ1) is 7.83. The quantitative estimate of drug-likeness (QED) is 0.808. The van der Waals surface area contributed by atoms with Crippen LogP contribution in [0.1, 0.15) is 20.3 Å². The van der Waals surface area contributed by atoms with Gasteiger partial charge in [-0.15, -0.1) is 0 Å². The van der Waals surface area contributed by atoms with E-state index < -0.39 is 0 Å². The number of nitrogens with zero attached hydrogens (tertiary/aromatic N) is 1. The van der Waals surface area contributed by atoms with Crippen LogP contribution in [0.15, 0.2) is 23.4 Å². The Kier molecular flexibility index (Phi) is 3.72. The molecule has 2 aromatic rings. The summed E-state index contributed by atoms with van der Waals surface area (Å²) in [6.07, 6.45) is 1.16. The molecule has 0 aliphatic heterocycles. The van der Waals surface area contributed by atoms with Gasteiger partial charge in [0.1, 0.15) is 5.75 Å². The number of aromatic amines is 1. The van der Waals surface area contributed by atoms with Crippen LogP contribution in [-0.4, -0.2) is 22.3 Å². The summed E-state index contributed by atoms with van der Waals surface area (Å²) < 4.78 is 5.45. The van der Waals surface area contributed by atoms with Crippen LogP contribution < -0.4 is 4.74 Å². The lowest BCUT2D eigenvalue weighted by Gasteiger charge is -2.00. The molecule has 2 rings (SSSR count). The predicted molar refractivity (Wildman–Crippen MR) is 68.3 cm³/mol. The average Bonchev–Trinajstić information content (AvgIpc) is 2.68. The summed E-state index contributed by atoms with van der Waals surface area (Å²) in [5.41, 5.74) is 2.05. The molecule has 0 fully saturated rings. The molecule has 1 heterocycles. The van der Waals surface area contributed by atoms with Gasteiger partial charge in [0.25, 0.3) is 0 Å². The maximum Gasteiger partial charge on any atom is 0.166 e. The van der Waals surface area contributed by atoms with Crippen LogP contribution in [0.25, 0.3) is 11.0 Å². The Labute approximate surface area is 99.6 Å². The van der Waals surface area contributed by atoms with Crippen molar-refractivity contribution in [1.29, 1.82) is 0 Å². The van der Waals surface area contributed by atoms with E-state index in [0.717, 1.165) is 34.1 Å². The number of hydrogen-bond acceptors (Lipinski definition) is 3. The van der Waals surface area contributed by atoms with E-state index in [1.807, 2.05) is 25.1 Å². The second-order valence-electron chi connectivity index (χ2n) is 3.50. The molecule has 0 spiro atoms. The fourth-order valence-corrected chi connectivity index (χ4v) is 2.23. The molecule has 0 bridgehead atoms. The van der Waals surface area contributed by atoms with Crippen molar-refractivity contribution in [2.24, 2.45) is 0 Å². The van der Waals surface area contributed by atoms with Gasteiger partial charge in [-0.2, -0.15) is 0 Å². The fraction of sp³-hybridized carbons (Fsp3) is 0.417. The molecule has 1 aromatic carbocycles. The van der Waals surface area contributed by atoms with E-state index >= 15 is 0 Å². The summed E-state index contributed by atoms with van der Waals surface area (Å²) in [4.78, 5) is 7.80. The van der Waals surface area contributed by atoms with Crippen molar-refractivity contribution >= 4 is 22.8 Å². The van der Waals surface area contributed by atoms with Crippen molar-refractivity contribution in [1.82, 2.24) is 9.97 Å². The topological polar surface area (TPSA) is 37.9 Å². The zero-order valence-electron chi connectivity index (χ0n) is 9.62. The van der Waals surface area contributed by atoms with Crippen LogP contribution in [-0.2, 0) is 0 Å². The molecule has 16 heavy (non-hydrogen) atoms. The van der Waals surface area contributed by atoms with Crippen molar-refractivity contribution in [3.05, 3.63) is 18.2 Å². The number of imidazole rings is 1. The van der Waals surface area contributed by atoms with Crippen LogP contribution in [0.5, 0.6) is 5.75 Å². The first kappa shape index (κ1) is 11.3. The third kappa shape index (κ3) is 2.50. The Morgan fingerprint density at radius 2 is 2.25 bits per heavy atom. The Balaban J connectivity index is 2.23. The highest BCUT2D eigenvalue weighted by Gasteiger charge is 2.03. The molecule has 4 heteroatoms. The smallest absolute Gasteiger partial charge is 0.166 e. The van der Waals surface area contributed by atoms with E-state index in [-0.39, 0.29) is 0 Å². The first-order valence-electron chi connectivity index (χ1n) is 5.59. The van der Waals surface area contributed by atoms with Gasteiger partial charge >= 0.3 is 0 Å². The minimum atomic E-state index is 0.692. The third-order valence-electron chi connectivity index (χ3n) is 2.19. The number of thioether (sulfide) groups is 1. The number of H-pyrrole nitrogens is 1. The second kappa shape index (κ2) is 5.25. The summed E-state index contributed by atoms with van der Waals surface area (Å²) in [7, 11) is 0. The van der Waals surface area contributed by atoms with Gasteiger partial charge in [0.05, 0.1) is 17.6 Å². The van der Waals surface area contributed by atoms with E-state index in [1.54, 1.807) is 11.8 Å². The van der Waals surface area contributed by atoms with Gasteiger partial charge in [-0.05, 0) is 25.5 Å². The molecule has 0 saturated carbocycles. The lowest BCUT2D eigenvalue weighted by Crippen LogP contribution is -1.90. The number of aromatic nitrogens is 2. The average molecular weight is 236 g/mol. The summed E-state index contributed by atoms with van der Waals surface area (Å²) >= 11 is 1.76. The SMILES string of the molecule is CCCSc1nc2ccc(OCC)cc2[nH]1. The first-order valence-corrected chi connectivity index (χ1v) is 6.57.